The molecule has 4 atom stereocenters. The first kappa shape index (κ1) is 28.6. The van der Waals surface area contributed by atoms with E-state index in [9.17, 15) is 9.59 Å². The number of hydrogen-bond donors (Lipinski definition) is 2. The highest BCUT2D eigenvalue weighted by Gasteiger charge is 2.71. The smallest absolute Gasteiger partial charge is 0.237 e. The molecule has 3 aliphatic rings. The second-order valence-corrected chi connectivity index (χ2v) is 14.4. The lowest BCUT2D eigenvalue weighted by Crippen LogP contribution is -2.59. The van der Waals surface area contributed by atoms with Gasteiger partial charge in [-0.25, -0.2) is 4.39 Å². The Hall–Kier alpha value is -1.95. The van der Waals surface area contributed by atoms with Crippen molar-refractivity contribution in [2.45, 2.75) is 96.1 Å². The molecule has 39 heavy (non-hydrogen) atoms. The Balaban J connectivity index is 1.72. The quantitative estimate of drug-likeness (QED) is 0.381. The molecule has 1 amide bonds. The van der Waals surface area contributed by atoms with Gasteiger partial charge in [-0.05, 0) is 72.8 Å². The van der Waals surface area contributed by atoms with Crippen molar-refractivity contribution in [3.63, 3.8) is 0 Å². The molecule has 1 saturated carbocycles. The summed E-state index contributed by atoms with van der Waals surface area (Å²) in [5.41, 5.74) is -0.679. The van der Waals surface area contributed by atoms with E-state index in [1.165, 1.54) is 6.07 Å². The molecule has 2 aromatic rings. The molecule has 2 N–H and O–H groups in total. The van der Waals surface area contributed by atoms with Gasteiger partial charge in [-0.15, -0.1) is 0 Å². The van der Waals surface area contributed by atoms with Gasteiger partial charge in [0.15, 0.2) is 5.78 Å². The Labute approximate surface area is 241 Å². The molecule has 4 nitrogen and oxygen atoms in total. The molecule has 0 bridgehead atoms. The van der Waals surface area contributed by atoms with E-state index in [-0.39, 0.29) is 22.1 Å². The number of ketones is 1. The molecule has 1 saturated heterocycles. The molecule has 4 unspecified atom stereocenters. The van der Waals surface area contributed by atoms with Gasteiger partial charge >= 0.3 is 0 Å². The summed E-state index contributed by atoms with van der Waals surface area (Å²) in [6.45, 7) is 10.6. The number of benzene rings is 2. The summed E-state index contributed by atoms with van der Waals surface area (Å²) in [4.78, 5) is 28.7. The number of amides is 1. The molecule has 2 heterocycles. The van der Waals surface area contributed by atoms with Crippen molar-refractivity contribution in [2.75, 3.05) is 5.32 Å². The number of fused-ring (bicyclic) bond motifs is 2. The molecule has 0 aromatic heterocycles. The van der Waals surface area contributed by atoms with Gasteiger partial charge in [0.25, 0.3) is 0 Å². The predicted octanol–water partition coefficient (Wildman–Crippen LogP) is 8.06. The van der Waals surface area contributed by atoms with Crippen LogP contribution < -0.4 is 10.6 Å². The molecule has 2 aliphatic heterocycles. The third-order valence-electron chi connectivity index (χ3n) is 9.33. The number of halogens is 3. The number of carbonyl (C=O) groups excluding carboxylic acids is 2. The molecule has 7 heteroatoms. The molecule has 210 valence electrons. The van der Waals surface area contributed by atoms with Gasteiger partial charge in [0.05, 0.1) is 11.1 Å². The van der Waals surface area contributed by atoms with Crippen LogP contribution in [0.1, 0.15) is 90.2 Å². The van der Waals surface area contributed by atoms with Crippen LogP contribution in [-0.2, 0) is 15.0 Å². The Morgan fingerprint density at radius 3 is 2.46 bits per heavy atom. The van der Waals surface area contributed by atoms with Crippen molar-refractivity contribution in [2.24, 2.45) is 17.3 Å². The van der Waals surface area contributed by atoms with Crippen molar-refractivity contribution in [1.29, 1.82) is 0 Å². The molecular weight excluding hydrogens is 534 g/mol. The normalized spacial score (nSPS) is 32.4. The second-order valence-electron chi connectivity index (χ2n) is 13.6. The van der Waals surface area contributed by atoms with Crippen LogP contribution in [0.5, 0.6) is 0 Å². The van der Waals surface area contributed by atoms with E-state index in [1.807, 2.05) is 13.0 Å². The maximum absolute atomic E-state index is 16.0. The van der Waals surface area contributed by atoms with E-state index < -0.39 is 28.7 Å². The fourth-order valence-electron chi connectivity index (χ4n) is 7.93. The van der Waals surface area contributed by atoms with Gasteiger partial charge in [-0.2, -0.15) is 0 Å². The van der Waals surface area contributed by atoms with Crippen molar-refractivity contribution in [3.8, 4) is 0 Å². The lowest BCUT2D eigenvalue weighted by atomic mass is 9.56. The van der Waals surface area contributed by atoms with Crippen LogP contribution in [0.15, 0.2) is 36.4 Å². The zero-order chi connectivity index (χ0) is 28.3. The molecule has 2 aromatic carbocycles. The first-order valence-electron chi connectivity index (χ1n) is 14.1. The average molecular weight is 574 g/mol. The lowest BCUT2D eigenvalue weighted by Gasteiger charge is -2.45. The number of anilines is 1. The fraction of sp³-hybridized carbons (Fsp3) is 0.562. The SMILES string of the molecule is CC1CCC(CC(=O)C2NC(C)(CC(C)(C)C)C3(C(=O)Nc4cc(Cl)ccc43)C2c2cccc(Cl)c2F)CC1. The maximum Gasteiger partial charge on any atom is 0.237 e. The summed E-state index contributed by atoms with van der Waals surface area (Å²) in [6, 6.07) is 9.51. The Morgan fingerprint density at radius 2 is 1.79 bits per heavy atom. The summed E-state index contributed by atoms with van der Waals surface area (Å²) >= 11 is 12.7. The summed E-state index contributed by atoms with van der Waals surface area (Å²) in [6.07, 6.45) is 5.26. The number of Topliss-reactive ketones (excluding diaryl/α,β-unsaturated/α-hetero) is 1. The van der Waals surface area contributed by atoms with Crippen LogP contribution in [-0.4, -0.2) is 23.3 Å². The molecule has 2 fully saturated rings. The third kappa shape index (κ3) is 4.83. The summed E-state index contributed by atoms with van der Waals surface area (Å²) in [7, 11) is 0. The molecule has 1 spiro atoms. The zero-order valence-corrected chi connectivity index (χ0v) is 25.0. The van der Waals surface area contributed by atoms with Gasteiger partial charge in [0.2, 0.25) is 5.91 Å². The van der Waals surface area contributed by atoms with Crippen LogP contribution in [0.4, 0.5) is 10.1 Å². The van der Waals surface area contributed by atoms with E-state index in [0.717, 1.165) is 31.2 Å². The molecule has 5 rings (SSSR count). The fourth-order valence-corrected chi connectivity index (χ4v) is 8.29. The summed E-state index contributed by atoms with van der Waals surface area (Å²) < 4.78 is 16.0. The number of rotatable bonds is 5. The third-order valence-corrected chi connectivity index (χ3v) is 9.86. The van der Waals surface area contributed by atoms with E-state index in [0.29, 0.717) is 41.0 Å². The van der Waals surface area contributed by atoms with Crippen molar-refractivity contribution < 1.29 is 14.0 Å². The molecule has 0 radical (unpaired) electrons. The number of carbonyl (C=O) groups is 2. The predicted molar refractivity (Wildman–Crippen MR) is 156 cm³/mol. The Kier molecular flexibility index (Phi) is 7.44. The summed E-state index contributed by atoms with van der Waals surface area (Å²) in [5, 5.41) is 7.22. The highest BCUT2D eigenvalue weighted by Crippen LogP contribution is 2.61. The average Bonchev–Trinajstić information content (AvgIpc) is 3.27. The minimum absolute atomic E-state index is 0.0192. The van der Waals surface area contributed by atoms with Gasteiger partial charge in [-0.3, -0.25) is 9.59 Å². The van der Waals surface area contributed by atoms with Crippen molar-refractivity contribution in [1.82, 2.24) is 5.32 Å². The first-order chi connectivity index (χ1) is 18.3. The zero-order valence-electron chi connectivity index (χ0n) is 23.5. The van der Waals surface area contributed by atoms with Crippen molar-refractivity contribution in [3.05, 3.63) is 63.4 Å². The highest BCUT2D eigenvalue weighted by atomic mass is 35.5. The van der Waals surface area contributed by atoms with Gasteiger partial charge in [0, 0.05) is 28.6 Å². The van der Waals surface area contributed by atoms with Crippen LogP contribution in [0.25, 0.3) is 0 Å². The van der Waals surface area contributed by atoms with Crippen LogP contribution >= 0.6 is 23.2 Å². The minimum Gasteiger partial charge on any atom is -0.325 e. The largest absolute Gasteiger partial charge is 0.325 e. The standard InChI is InChI=1S/C32H39Cl2FN2O2/c1-18-9-11-19(12-10-18)15-25(38)28-26(21-7-6-8-23(34)27(21)35)32(31(5,37-28)17-30(2,3)4)22-14-13-20(33)16-24(22)36-29(32)39/h6-8,13-14,16,18-19,26,28,37H,9-12,15,17H2,1-5H3,(H,36,39). The van der Waals surface area contributed by atoms with E-state index in [2.05, 4.69) is 38.3 Å². The van der Waals surface area contributed by atoms with E-state index in [4.69, 9.17) is 23.2 Å². The van der Waals surface area contributed by atoms with Crippen LogP contribution in [0.2, 0.25) is 10.0 Å². The van der Waals surface area contributed by atoms with Crippen LogP contribution in [0.3, 0.4) is 0 Å². The molecular formula is C32H39Cl2FN2O2. The summed E-state index contributed by atoms with van der Waals surface area (Å²) in [5.74, 6) is -0.602. The number of hydrogen-bond acceptors (Lipinski definition) is 3. The van der Waals surface area contributed by atoms with E-state index >= 15 is 4.39 Å². The van der Waals surface area contributed by atoms with Crippen molar-refractivity contribution >= 4 is 40.6 Å². The topological polar surface area (TPSA) is 58.2 Å². The van der Waals surface area contributed by atoms with E-state index in [1.54, 1.807) is 24.3 Å². The molecule has 1 aliphatic carbocycles. The maximum atomic E-state index is 16.0. The van der Waals surface area contributed by atoms with Gasteiger partial charge in [0.1, 0.15) is 11.2 Å². The minimum atomic E-state index is -1.26. The number of nitrogens with one attached hydrogen (secondary N) is 2. The van der Waals surface area contributed by atoms with Gasteiger partial charge < -0.3 is 10.6 Å². The lowest BCUT2D eigenvalue weighted by molar-refractivity contribution is -0.124. The first-order valence-corrected chi connectivity index (χ1v) is 14.9. The van der Waals surface area contributed by atoms with Gasteiger partial charge in [-0.1, -0.05) is 81.9 Å². The van der Waals surface area contributed by atoms with Crippen LogP contribution in [0, 0.1) is 23.1 Å². The highest BCUT2D eigenvalue weighted by molar-refractivity contribution is 6.31. The Bertz CT molecular complexity index is 1300. The monoisotopic (exact) mass is 572 g/mol. The second kappa shape index (κ2) is 10.2. The Morgan fingerprint density at radius 1 is 1.10 bits per heavy atom.